The van der Waals surface area contributed by atoms with Crippen molar-refractivity contribution in [3.8, 4) is 11.8 Å². The van der Waals surface area contributed by atoms with Gasteiger partial charge in [-0.15, -0.1) is 0 Å². The maximum absolute atomic E-state index is 11.6. The van der Waals surface area contributed by atoms with Crippen molar-refractivity contribution in [3.05, 3.63) is 28.8 Å². The molecule has 16 heavy (non-hydrogen) atoms. The fourth-order valence-electron chi connectivity index (χ4n) is 1.53. The third kappa shape index (κ3) is 2.14. The zero-order valence-electron chi connectivity index (χ0n) is 9.28. The van der Waals surface area contributed by atoms with Crippen LogP contribution in [0.3, 0.4) is 0 Å². The molecule has 1 aromatic carbocycles. The highest BCUT2D eigenvalue weighted by Crippen LogP contribution is 2.24. The minimum atomic E-state index is -0.462. The van der Waals surface area contributed by atoms with Gasteiger partial charge in [0.05, 0.1) is 17.7 Å². The van der Waals surface area contributed by atoms with Gasteiger partial charge in [0.1, 0.15) is 11.8 Å². The number of hydrogen-bond donors (Lipinski definition) is 1. The number of rotatable bonds is 3. The molecule has 0 unspecified atom stereocenters. The van der Waals surface area contributed by atoms with Gasteiger partial charge in [-0.2, -0.15) is 5.26 Å². The van der Waals surface area contributed by atoms with Crippen LogP contribution in [0.1, 0.15) is 35.3 Å². The number of aromatic hydroxyl groups is 1. The second kappa shape index (κ2) is 5.17. The average Bonchev–Trinajstić information content (AvgIpc) is 2.28. The van der Waals surface area contributed by atoms with E-state index in [1.807, 2.05) is 13.0 Å². The number of ether oxygens (including phenoxy) is 1. The Morgan fingerprint density at radius 2 is 2.19 bits per heavy atom. The molecular formula is C12H13NO3. The first-order valence-electron chi connectivity index (χ1n) is 5.07. The van der Waals surface area contributed by atoms with Gasteiger partial charge < -0.3 is 9.84 Å². The fraction of sp³-hybridized carbons (Fsp3) is 0.333. The van der Waals surface area contributed by atoms with Crippen molar-refractivity contribution in [3.63, 3.8) is 0 Å². The number of carbonyl (C=O) groups excluding carboxylic acids is 1. The summed E-state index contributed by atoms with van der Waals surface area (Å²) in [6, 6.07) is 4.71. The van der Waals surface area contributed by atoms with Gasteiger partial charge in [-0.3, -0.25) is 0 Å². The monoisotopic (exact) mass is 219 g/mol. The third-order valence-electron chi connectivity index (χ3n) is 2.25. The van der Waals surface area contributed by atoms with Gasteiger partial charge in [-0.25, -0.2) is 4.79 Å². The Morgan fingerprint density at radius 3 is 2.69 bits per heavy atom. The topological polar surface area (TPSA) is 70.3 Å². The van der Waals surface area contributed by atoms with Crippen LogP contribution in [0.4, 0.5) is 0 Å². The van der Waals surface area contributed by atoms with Crippen LogP contribution >= 0.6 is 0 Å². The molecule has 0 aliphatic rings. The van der Waals surface area contributed by atoms with Crippen LogP contribution in [-0.2, 0) is 11.2 Å². The van der Waals surface area contributed by atoms with Crippen molar-refractivity contribution in [1.82, 2.24) is 0 Å². The van der Waals surface area contributed by atoms with Crippen LogP contribution in [-0.4, -0.2) is 17.7 Å². The summed E-state index contributed by atoms with van der Waals surface area (Å²) in [6.45, 7) is 3.82. The summed E-state index contributed by atoms with van der Waals surface area (Å²) in [5.74, 6) is -0.566. The van der Waals surface area contributed by atoms with E-state index in [2.05, 4.69) is 0 Å². The Balaban J connectivity index is 3.31. The van der Waals surface area contributed by atoms with Gasteiger partial charge in [-0.1, -0.05) is 6.92 Å². The van der Waals surface area contributed by atoms with Crippen LogP contribution in [0.25, 0.3) is 0 Å². The van der Waals surface area contributed by atoms with Gasteiger partial charge in [0.2, 0.25) is 0 Å². The van der Waals surface area contributed by atoms with Crippen molar-refractivity contribution in [2.24, 2.45) is 0 Å². The summed E-state index contributed by atoms with van der Waals surface area (Å²) in [4.78, 5) is 11.6. The highest BCUT2D eigenvalue weighted by atomic mass is 16.5. The van der Waals surface area contributed by atoms with E-state index < -0.39 is 5.97 Å². The lowest BCUT2D eigenvalue weighted by atomic mass is 9.98. The number of carbonyl (C=O) groups is 1. The zero-order valence-corrected chi connectivity index (χ0v) is 9.28. The molecule has 1 N–H and O–H groups in total. The second-order valence-electron chi connectivity index (χ2n) is 3.17. The zero-order chi connectivity index (χ0) is 12.1. The number of hydrogen-bond acceptors (Lipinski definition) is 4. The van der Waals surface area contributed by atoms with Crippen molar-refractivity contribution in [1.29, 1.82) is 5.26 Å². The smallest absolute Gasteiger partial charge is 0.338 e. The number of phenols is 1. The van der Waals surface area contributed by atoms with Crippen molar-refractivity contribution < 1.29 is 14.6 Å². The molecule has 0 spiro atoms. The molecule has 84 valence electrons. The first-order chi connectivity index (χ1) is 7.65. The molecule has 1 aromatic rings. The summed E-state index contributed by atoms with van der Waals surface area (Å²) in [5.41, 5.74) is 1.02. The third-order valence-corrected chi connectivity index (χ3v) is 2.25. The van der Waals surface area contributed by atoms with Gasteiger partial charge in [-0.05, 0) is 31.0 Å². The van der Waals surface area contributed by atoms with E-state index in [0.717, 1.165) is 0 Å². The van der Waals surface area contributed by atoms with Crippen molar-refractivity contribution in [2.75, 3.05) is 6.61 Å². The first kappa shape index (κ1) is 12.1. The lowest BCUT2D eigenvalue weighted by Crippen LogP contribution is -2.09. The molecule has 0 aliphatic heterocycles. The predicted molar refractivity (Wildman–Crippen MR) is 58.2 cm³/mol. The van der Waals surface area contributed by atoms with Crippen molar-refractivity contribution in [2.45, 2.75) is 20.3 Å². The van der Waals surface area contributed by atoms with Gasteiger partial charge in [0.25, 0.3) is 0 Å². The highest BCUT2D eigenvalue weighted by Gasteiger charge is 2.17. The van der Waals surface area contributed by atoms with Crippen LogP contribution in [0.15, 0.2) is 12.1 Å². The number of benzene rings is 1. The molecule has 0 aliphatic carbocycles. The summed E-state index contributed by atoms with van der Waals surface area (Å²) in [6.07, 6.45) is 0.492. The van der Waals surface area contributed by atoms with E-state index in [4.69, 9.17) is 10.00 Å². The first-order valence-corrected chi connectivity index (χ1v) is 5.07. The summed E-state index contributed by atoms with van der Waals surface area (Å²) >= 11 is 0. The van der Waals surface area contributed by atoms with Crippen LogP contribution < -0.4 is 0 Å². The lowest BCUT2D eigenvalue weighted by Gasteiger charge is -2.09. The van der Waals surface area contributed by atoms with Gasteiger partial charge in [0.15, 0.2) is 0 Å². The maximum atomic E-state index is 11.6. The van der Waals surface area contributed by atoms with Crippen LogP contribution in [0.2, 0.25) is 0 Å². The number of nitriles is 1. The standard InChI is InChI=1S/C12H13NO3/c1-3-8-9(12(15)16-4-2)5-6-11(14)10(8)7-13/h5-6,14H,3-4H2,1-2H3. The molecule has 1 rings (SSSR count). The molecule has 0 fully saturated rings. The largest absolute Gasteiger partial charge is 0.507 e. The summed E-state index contributed by atoms with van der Waals surface area (Å²) in [5, 5.41) is 18.4. The van der Waals surface area contributed by atoms with E-state index in [-0.39, 0.29) is 17.9 Å². The highest BCUT2D eigenvalue weighted by molar-refractivity contribution is 5.92. The molecule has 0 saturated heterocycles. The van der Waals surface area contributed by atoms with E-state index in [1.54, 1.807) is 6.92 Å². The molecule has 0 aromatic heterocycles. The molecule has 4 nitrogen and oxygen atoms in total. The lowest BCUT2D eigenvalue weighted by molar-refractivity contribution is 0.0525. The molecule has 0 saturated carbocycles. The Bertz CT molecular complexity index is 446. The van der Waals surface area contributed by atoms with Gasteiger partial charge in [0, 0.05) is 0 Å². The van der Waals surface area contributed by atoms with Crippen LogP contribution in [0, 0.1) is 11.3 Å². The molecule has 0 radical (unpaired) electrons. The number of esters is 1. The van der Waals surface area contributed by atoms with E-state index in [1.165, 1.54) is 12.1 Å². The number of nitrogens with zero attached hydrogens (tertiary/aromatic N) is 1. The second-order valence-corrected chi connectivity index (χ2v) is 3.17. The molecule has 0 bridgehead atoms. The maximum Gasteiger partial charge on any atom is 0.338 e. The molecule has 0 heterocycles. The Hall–Kier alpha value is -2.02. The average molecular weight is 219 g/mol. The Labute approximate surface area is 94.1 Å². The minimum absolute atomic E-state index is 0.104. The quantitative estimate of drug-likeness (QED) is 0.789. The summed E-state index contributed by atoms with van der Waals surface area (Å²) in [7, 11) is 0. The Morgan fingerprint density at radius 1 is 1.50 bits per heavy atom. The van der Waals surface area contributed by atoms with Gasteiger partial charge >= 0.3 is 5.97 Å². The normalized spacial score (nSPS) is 9.56. The summed E-state index contributed by atoms with van der Waals surface area (Å²) < 4.78 is 4.88. The van der Waals surface area contributed by atoms with Crippen LogP contribution in [0.5, 0.6) is 5.75 Å². The molecular weight excluding hydrogens is 206 g/mol. The molecule has 0 atom stereocenters. The van der Waals surface area contributed by atoms with E-state index >= 15 is 0 Å². The van der Waals surface area contributed by atoms with E-state index in [0.29, 0.717) is 17.5 Å². The minimum Gasteiger partial charge on any atom is -0.507 e. The fourth-order valence-corrected chi connectivity index (χ4v) is 1.53. The number of phenolic OH excluding ortho intramolecular Hbond substituents is 1. The SMILES string of the molecule is CCOC(=O)c1ccc(O)c(C#N)c1CC. The molecule has 0 amide bonds. The molecule has 4 heteroatoms. The Kier molecular flexibility index (Phi) is 3.90. The van der Waals surface area contributed by atoms with E-state index in [9.17, 15) is 9.90 Å². The van der Waals surface area contributed by atoms with Crippen molar-refractivity contribution >= 4 is 5.97 Å². The predicted octanol–water partition coefficient (Wildman–Crippen LogP) is 2.00.